The van der Waals surface area contributed by atoms with E-state index >= 15 is 0 Å². The van der Waals surface area contributed by atoms with E-state index in [0.717, 1.165) is 12.8 Å². The van der Waals surface area contributed by atoms with Gasteiger partial charge in [-0.3, -0.25) is 4.79 Å². The lowest BCUT2D eigenvalue weighted by Gasteiger charge is -2.00. The van der Waals surface area contributed by atoms with Crippen molar-refractivity contribution in [3.05, 3.63) is 17.9 Å². The molecular formula is C10H14N2O4S. The fraction of sp³-hybridized carbons (Fsp3) is 0.500. The molecule has 0 aromatic carbocycles. The number of sulfonamides is 1. The zero-order chi connectivity index (χ0) is 12.5. The molecule has 7 heteroatoms. The molecule has 1 fully saturated rings. The van der Waals surface area contributed by atoms with Gasteiger partial charge >= 0.3 is 0 Å². The molecule has 1 aliphatic rings. The van der Waals surface area contributed by atoms with Crippen molar-refractivity contribution < 1.29 is 17.6 Å². The van der Waals surface area contributed by atoms with Gasteiger partial charge in [0.25, 0.3) is 15.9 Å². The molecule has 6 nitrogen and oxygen atoms in total. The van der Waals surface area contributed by atoms with Crippen LogP contribution in [-0.2, 0) is 10.0 Å². The minimum atomic E-state index is -3.63. The van der Waals surface area contributed by atoms with Crippen molar-refractivity contribution in [1.29, 1.82) is 0 Å². The lowest BCUT2D eigenvalue weighted by atomic mass is 10.4. The quantitative estimate of drug-likeness (QED) is 0.796. The first-order valence-corrected chi connectivity index (χ1v) is 6.83. The maximum atomic E-state index is 11.6. The van der Waals surface area contributed by atoms with Crippen LogP contribution in [0.5, 0.6) is 0 Å². The van der Waals surface area contributed by atoms with Crippen molar-refractivity contribution in [1.82, 2.24) is 10.0 Å². The highest BCUT2D eigenvalue weighted by molar-refractivity contribution is 7.89. The summed E-state index contributed by atoms with van der Waals surface area (Å²) in [7, 11) is -2.34. The fourth-order valence-corrected chi connectivity index (χ4v) is 1.98. The van der Waals surface area contributed by atoms with Crippen LogP contribution in [-0.4, -0.2) is 27.9 Å². The second-order valence-electron chi connectivity index (χ2n) is 3.98. The molecule has 2 rings (SSSR count). The lowest BCUT2D eigenvalue weighted by Crippen LogP contribution is -2.25. The third-order valence-corrected chi connectivity index (χ3v) is 3.87. The Morgan fingerprint density at radius 3 is 2.76 bits per heavy atom. The molecule has 94 valence electrons. The molecule has 1 saturated carbocycles. The molecule has 1 heterocycles. The molecule has 0 bridgehead atoms. The van der Waals surface area contributed by atoms with Gasteiger partial charge in [0.2, 0.25) is 5.09 Å². The van der Waals surface area contributed by atoms with Gasteiger partial charge in [-0.1, -0.05) is 0 Å². The number of carbonyl (C=O) groups excluding carboxylic acids is 1. The maximum Gasteiger partial charge on any atom is 0.287 e. The SMILES string of the molecule is CNS(=O)(=O)c1ccc(C(=O)NCC2CC2)o1. The summed E-state index contributed by atoms with van der Waals surface area (Å²) in [5, 5.41) is 2.44. The molecule has 0 atom stereocenters. The predicted octanol–water partition coefficient (Wildman–Crippen LogP) is 0.327. The third-order valence-electron chi connectivity index (χ3n) is 2.59. The van der Waals surface area contributed by atoms with Gasteiger partial charge in [-0.2, -0.15) is 0 Å². The van der Waals surface area contributed by atoms with Crippen LogP contribution in [0.2, 0.25) is 0 Å². The molecule has 1 aliphatic carbocycles. The molecule has 0 unspecified atom stereocenters. The first-order valence-electron chi connectivity index (χ1n) is 5.34. The van der Waals surface area contributed by atoms with Crippen LogP contribution in [0.1, 0.15) is 23.4 Å². The minimum Gasteiger partial charge on any atom is -0.438 e. The number of hydrogen-bond acceptors (Lipinski definition) is 4. The zero-order valence-corrected chi connectivity index (χ0v) is 10.2. The molecule has 17 heavy (non-hydrogen) atoms. The summed E-state index contributed by atoms with van der Waals surface area (Å²) in [6, 6.07) is 2.62. The van der Waals surface area contributed by atoms with Gasteiger partial charge in [-0.15, -0.1) is 0 Å². The van der Waals surface area contributed by atoms with Crippen LogP contribution in [0.15, 0.2) is 21.6 Å². The van der Waals surface area contributed by atoms with E-state index < -0.39 is 10.0 Å². The molecule has 1 amide bonds. The summed E-state index contributed by atoms with van der Waals surface area (Å²) in [4.78, 5) is 11.6. The van der Waals surface area contributed by atoms with Crippen molar-refractivity contribution in [2.75, 3.05) is 13.6 Å². The molecular weight excluding hydrogens is 244 g/mol. The van der Waals surface area contributed by atoms with Crippen LogP contribution < -0.4 is 10.0 Å². The Bertz CT molecular complexity index is 516. The number of nitrogens with one attached hydrogen (secondary N) is 2. The molecule has 0 saturated heterocycles. The van der Waals surface area contributed by atoms with Gasteiger partial charge < -0.3 is 9.73 Å². The smallest absolute Gasteiger partial charge is 0.287 e. The average molecular weight is 258 g/mol. The highest BCUT2D eigenvalue weighted by Gasteiger charge is 2.23. The van der Waals surface area contributed by atoms with Crippen LogP contribution in [0.25, 0.3) is 0 Å². The lowest BCUT2D eigenvalue weighted by molar-refractivity contribution is 0.0918. The van der Waals surface area contributed by atoms with Gasteiger partial charge in [0.1, 0.15) is 0 Å². The van der Waals surface area contributed by atoms with Crippen molar-refractivity contribution in [2.45, 2.75) is 17.9 Å². The number of rotatable bonds is 5. The molecule has 2 N–H and O–H groups in total. The van der Waals surface area contributed by atoms with Gasteiger partial charge in [0.15, 0.2) is 5.76 Å². The topological polar surface area (TPSA) is 88.4 Å². The molecule has 0 spiro atoms. The van der Waals surface area contributed by atoms with Gasteiger partial charge in [-0.25, -0.2) is 13.1 Å². The zero-order valence-electron chi connectivity index (χ0n) is 9.39. The van der Waals surface area contributed by atoms with E-state index in [2.05, 4.69) is 10.0 Å². The Kier molecular flexibility index (Phi) is 3.21. The van der Waals surface area contributed by atoms with Gasteiger partial charge in [-0.05, 0) is 37.9 Å². The Morgan fingerprint density at radius 2 is 2.18 bits per heavy atom. The Morgan fingerprint density at radius 1 is 1.47 bits per heavy atom. The predicted molar refractivity (Wildman–Crippen MR) is 60.0 cm³/mol. The Hall–Kier alpha value is -1.34. The molecule has 0 aliphatic heterocycles. The summed E-state index contributed by atoms with van der Waals surface area (Å²) in [5.41, 5.74) is 0. The van der Waals surface area contributed by atoms with Crippen molar-refractivity contribution in [3.63, 3.8) is 0 Å². The molecule has 0 radical (unpaired) electrons. The van der Waals surface area contributed by atoms with Crippen LogP contribution in [0.4, 0.5) is 0 Å². The van der Waals surface area contributed by atoms with Crippen molar-refractivity contribution in [2.24, 2.45) is 5.92 Å². The van der Waals surface area contributed by atoms with Crippen molar-refractivity contribution in [3.8, 4) is 0 Å². The maximum absolute atomic E-state index is 11.6. The summed E-state index contributed by atoms with van der Waals surface area (Å²) in [6.07, 6.45) is 2.27. The van der Waals surface area contributed by atoms with Crippen LogP contribution >= 0.6 is 0 Å². The fourth-order valence-electron chi connectivity index (χ4n) is 1.33. The van der Waals surface area contributed by atoms with E-state index in [1.165, 1.54) is 19.2 Å². The standard InChI is InChI=1S/C10H14N2O4S/c1-11-17(14,15)9-5-4-8(16-9)10(13)12-6-7-2-3-7/h4-5,7,11H,2-3,6H2,1H3,(H,12,13). The van der Waals surface area contributed by atoms with E-state index in [1.807, 2.05) is 0 Å². The summed E-state index contributed by atoms with van der Waals surface area (Å²) in [6.45, 7) is 0.619. The van der Waals surface area contributed by atoms with Crippen LogP contribution in [0.3, 0.4) is 0 Å². The first kappa shape index (κ1) is 12.1. The summed E-state index contributed by atoms with van der Waals surface area (Å²) < 4.78 is 29.9. The van der Waals surface area contributed by atoms with E-state index in [9.17, 15) is 13.2 Å². The van der Waals surface area contributed by atoms with E-state index in [1.54, 1.807) is 0 Å². The van der Waals surface area contributed by atoms with E-state index in [-0.39, 0.29) is 16.8 Å². The van der Waals surface area contributed by atoms with Crippen molar-refractivity contribution >= 4 is 15.9 Å². The largest absolute Gasteiger partial charge is 0.438 e. The monoisotopic (exact) mass is 258 g/mol. The second-order valence-corrected chi connectivity index (χ2v) is 5.80. The molecule has 1 aromatic rings. The normalized spacial score (nSPS) is 15.8. The first-order chi connectivity index (χ1) is 8.03. The highest BCUT2D eigenvalue weighted by atomic mass is 32.2. The number of hydrogen-bond donors (Lipinski definition) is 2. The Labute approximate surface area is 99.4 Å². The average Bonchev–Trinajstić information content (AvgIpc) is 2.99. The third kappa shape index (κ3) is 2.86. The van der Waals surface area contributed by atoms with Gasteiger partial charge in [0.05, 0.1) is 0 Å². The number of amides is 1. The van der Waals surface area contributed by atoms with E-state index in [0.29, 0.717) is 12.5 Å². The summed E-state index contributed by atoms with van der Waals surface area (Å²) >= 11 is 0. The van der Waals surface area contributed by atoms with E-state index in [4.69, 9.17) is 4.42 Å². The second kappa shape index (κ2) is 4.50. The summed E-state index contributed by atoms with van der Waals surface area (Å²) in [5.74, 6) is 0.198. The highest BCUT2D eigenvalue weighted by Crippen LogP contribution is 2.27. The van der Waals surface area contributed by atoms with Gasteiger partial charge in [0, 0.05) is 6.54 Å². The van der Waals surface area contributed by atoms with Crippen LogP contribution in [0, 0.1) is 5.92 Å². The number of carbonyl (C=O) groups is 1. The minimum absolute atomic E-state index is 0.0134. The number of furan rings is 1. The Balaban J connectivity index is 2.04. The molecule has 1 aromatic heterocycles.